The van der Waals surface area contributed by atoms with Gasteiger partial charge in [0.25, 0.3) is 0 Å². The van der Waals surface area contributed by atoms with E-state index in [-0.39, 0.29) is 0 Å². The van der Waals surface area contributed by atoms with Crippen molar-refractivity contribution in [3.63, 3.8) is 0 Å². The summed E-state index contributed by atoms with van der Waals surface area (Å²) in [5.74, 6) is 4.36. The summed E-state index contributed by atoms with van der Waals surface area (Å²) in [5.41, 5.74) is 0. The predicted molar refractivity (Wildman–Crippen MR) is 61.5 cm³/mol. The molecule has 0 bridgehead atoms. The van der Waals surface area contributed by atoms with Gasteiger partial charge in [-0.25, -0.2) is 0 Å². The summed E-state index contributed by atoms with van der Waals surface area (Å²) >= 11 is 0. The molecule has 0 heterocycles. The van der Waals surface area contributed by atoms with Crippen molar-refractivity contribution in [3.8, 4) is 0 Å². The first-order valence-electron chi connectivity index (χ1n) is 4.44. The first-order valence-corrected chi connectivity index (χ1v) is 7.94. The maximum atomic E-state index is 4.36. The van der Waals surface area contributed by atoms with Crippen molar-refractivity contribution in [2.24, 2.45) is 0 Å². The van der Waals surface area contributed by atoms with E-state index < -0.39 is 8.75 Å². The Labute approximate surface area is 72.3 Å². The summed E-state index contributed by atoms with van der Waals surface area (Å²) in [5, 5.41) is 0.812. The number of unbranched alkanes of at least 4 members (excludes halogenated alkanes) is 1. The van der Waals surface area contributed by atoms with Gasteiger partial charge in [-0.3, -0.25) is 8.75 Å². The largest absolute Gasteiger partial charge is 0.256 e. The smallest absolute Gasteiger partial charge is 0.0180 e. The van der Waals surface area contributed by atoms with Gasteiger partial charge in [0.15, 0.2) is 0 Å². The monoisotopic (exact) mass is 176 g/mol. The normalized spacial score (nSPS) is 18.8. The minimum Gasteiger partial charge on any atom is -0.256 e. The molecule has 0 N–H and O–H groups in total. The van der Waals surface area contributed by atoms with Crippen LogP contribution in [0.2, 0.25) is 0 Å². The van der Waals surface area contributed by atoms with Crippen LogP contribution in [-0.4, -0.2) is 29.9 Å². The third-order valence-electron chi connectivity index (χ3n) is 2.46. The molecule has 1 atom stereocenters. The van der Waals surface area contributed by atoms with Crippen molar-refractivity contribution in [1.29, 1.82) is 0 Å². The number of hydrogen-bond donors (Lipinski definition) is 0. The Morgan fingerprint density at radius 3 is 2.00 bits per heavy atom. The highest BCUT2D eigenvalue weighted by atomic mass is 32.3. The zero-order chi connectivity index (χ0) is 9.15. The van der Waals surface area contributed by atoms with Gasteiger partial charge in [-0.05, 0) is 30.4 Å². The van der Waals surface area contributed by atoms with Crippen LogP contribution in [0.15, 0.2) is 0 Å². The second-order valence-electron chi connectivity index (χ2n) is 4.92. The van der Waals surface area contributed by atoms with Crippen molar-refractivity contribution in [1.82, 2.24) is 0 Å². The fraction of sp³-hybridized carbons (Fsp3) is 0.900. The molecule has 0 saturated carbocycles. The van der Waals surface area contributed by atoms with Gasteiger partial charge in [0, 0.05) is 0 Å². The minimum atomic E-state index is -1.27. The lowest BCUT2D eigenvalue weighted by atomic mass is 10.2. The van der Waals surface area contributed by atoms with Gasteiger partial charge in [0.05, 0.1) is 0 Å². The van der Waals surface area contributed by atoms with E-state index in [1.165, 1.54) is 19.3 Å². The van der Waals surface area contributed by atoms with E-state index in [0.717, 1.165) is 5.25 Å². The molecule has 0 spiro atoms. The summed E-state index contributed by atoms with van der Waals surface area (Å²) < 4.78 is 0. The van der Waals surface area contributed by atoms with Crippen molar-refractivity contribution in [3.05, 3.63) is 0 Å². The molecule has 70 valence electrons. The highest BCUT2D eigenvalue weighted by Crippen LogP contribution is 2.51. The predicted octanol–water partition coefficient (Wildman–Crippen LogP) is 3.23. The Kier molecular flexibility index (Phi) is 3.37. The van der Waals surface area contributed by atoms with Crippen LogP contribution in [0.4, 0.5) is 0 Å². The van der Waals surface area contributed by atoms with Gasteiger partial charge in [-0.1, -0.05) is 32.6 Å². The average Bonchev–Trinajstić information content (AvgIpc) is 1.78. The first-order chi connectivity index (χ1) is 4.74. The molecule has 0 aliphatic heterocycles. The fourth-order valence-electron chi connectivity index (χ4n) is 0.928. The summed E-state index contributed by atoms with van der Waals surface area (Å²) in [6.45, 7) is 4.60. The van der Waals surface area contributed by atoms with Crippen molar-refractivity contribution in [2.75, 3.05) is 18.8 Å². The zero-order valence-electron chi connectivity index (χ0n) is 8.81. The van der Waals surface area contributed by atoms with E-state index >= 15 is 0 Å². The molecule has 0 saturated heterocycles. The van der Waals surface area contributed by atoms with E-state index in [0.29, 0.717) is 0 Å². The fourth-order valence-corrected chi connectivity index (χ4v) is 1.97. The van der Waals surface area contributed by atoms with Gasteiger partial charge in [-0.2, -0.15) is 0 Å². The Morgan fingerprint density at radius 1 is 1.27 bits per heavy atom. The number of rotatable bonds is 4. The molecule has 0 aliphatic rings. The maximum absolute atomic E-state index is 4.36. The van der Waals surface area contributed by atoms with Crippen molar-refractivity contribution in [2.45, 2.75) is 38.4 Å². The molecule has 1 heteroatoms. The molecule has 0 rings (SSSR count). The van der Waals surface area contributed by atoms with E-state index in [1.807, 2.05) is 0 Å². The topological polar surface area (TPSA) is 0 Å². The lowest BCUT2D eigenvalue weighted by Gasteiger charge is -2.42. The average molecular weight is 176 g/mol. The molecule has 11 heavy (non-hydrogen) atoms. The maximum Gasteiger partial charge on any atom is -0.0180 e. The highest BCUT2D eigenvalue weighted by molar-refractivity contribution is 8.45. The van der Waals surface area contributed by atoms with Gasteiger partial charge < -0.3 is 0 Å². The molecule has 0 aromatic rings. The summed E-state index contributed by atoms with van der Waals surface area (Å²) in [6.07, 6.45) is 11.1. The molecule has 0 radical (unpaired) electrons. The molecular weight excluding hydrogens is 152 g/mol. The Bertz CT molecular complexity index is 162. The van der Waals surface area contributed by atoms with Crippen LogP contribution >= 0.6 is 8.75 Å². The Balaban J connectivity index is 4.05. The molecule has 0 nitrogen and oxygen atoms in total. The molecule has 0 aromatic heterocycles. The van der Waals surface area contributed by atoms with Crippen LogP contribution in [0, 0.1) is 0 Å². The van der Waals surface area contributed by atoms with Gasteiger partial charge >= 0.3 is 0 Å². The van der Waals surface area contributed by atoms with Gasteiger partial charge in [0.2, 0.25) is 0 Å². The third kappa shape index (κ3) is 4.62. The van der Waals surface area contributed by atoms with E-state index in [4.69, 9.17) is 0 Å². The molecule has 0 aromatic carbocycles. The van der Waals surface area contributed by atoms with Gasteiger partial charge in [0.1, 0.15) is 0 Å². The first kappa shape index (κ1) is 11.2. The summed E-state index contributed by atoms with van der Waals surface area (Å²) in [4.78, 5) is 0. The standard InChI is InChI=1S/C10H24S/c1-7-8-9-10(2)11(3,4,5)6/h10H,3,7-9H2,1-2,4-6H3. The lowest BCUT2D eigenvalue weighted by molar-refractivity contribution is 0.709. The van der Waals surface area contributed by atoms with Crippen LogP contribution in [0.25, 0.3) is 0 Å². The highest BCUT2D eigenvalue weighted by Gasteiger charge is 2.19. The molecule has 1 unspecified atom stereocenters. The summed E-state index contributed by atoms with van der Waals surface area (Å²) in [7, 11) is -1.27. The van der Waals surface area contributed by atoms with E-state index in [9.17, 15) is 0 Å². The van der Waals surface area contributed by atoms with Crippen LogP contribution in [0.1, 0.15) is 33.1 Å². The van der Waals surface area contributed by atoms with Crippen molar-refractivity contribution >= 4 is 14.6 Å². The zero-order valence-corrected chi connectivity index (χ0v) is 9.63. The van der Waals surface area contributed by atoms with Crippen LogP contribution in [0.3, 0.4) is 0 Å². The Morgan fingerprint density at radius 2 is 1.73 bits per heavy atom. The second kappa shape index (κ2) is 3.30. The minimum absolute atomic E-state index is 0.812. The van der Waals surface area contributed by atoms with E-state index in [1.54, 1.807) is 0 Å². The molecule has 0 amide bonds. The molecule has 0 fully saturated rings. The summed E-state index contributed by atoms with van der Waals surface area (Å²) in [6, 6.07) is 0. The van der Waals surface area contributed by atoms with Crippen molar-refractivity contribution < 1.29 is 0 Å². The lowest BCUT2D eigenvalue weighted by Crippen LogP contribution is -2.17. The van der Waals surface area contributed by atoms with Crippen LogP contribution in [0.5, 0.6) is 0 Å². The second-order valence-corrected chi connectivity index (χ2v) is 11.7. The Hall–Kier alpha value is 0.220. The van der Waals surface area contributed by atoms with E-state index in [2.05, 4.69) is 38.5 Å². The SMILES string of the molecule is C=S(C)(C)(C)C(C)CCCC. The molecular formula is C10H24S. The van der Waals surface area contributed by atoms with Crippen LogP contribution < -0.4 is 0 Å². The quantitative estimate of drug-likeness (QED) is 0.577. The van der Waals surface area contributed by atoms with Crippen LogP contribution in [-0.2, 0) is 0 Å². The van der Waals surface area contributed by atoms with Gasteiger partial charge in [-0.15, -0.1) is 0 Å². The molecule has 0 aliphatic carbocycles. The number of hydrogen-bond acceptors (Lipinski definition) is 0. The third-order valence-corrected chi connectivity index (χ3v) is 5.67.